The molecule has 0 radical (unpaired) electrons. The Kier molecular flexibility index (Phi) is 20.6. The summed E-state index contributed by atoms with van der Waals surface area (Å²) in [6.07, 6.45) is 5.19. The lowest BCUT2D eigenvalue weighted by Crippen LogP contribution is -2.46. The highest BCUT2D eigenvalue weighted by Crippen LogP contribution is 2.17. The lowest BCUT2D eigenvalue weighted by atomic mass is 9.96. The fourth-order valence-corrected chi connectivity index (χ4v) is 8.08. The molecule has 0 spiro atoms. The van der Waals surface area contributed by atoms with Crippen molar-refractivity contribution in [3.8, 4) is 23.0 Å². The number of Topliss-reactive ketones (excluding diaryl/α,β-unsaturated/α-hetero) is 1. The monoisotopic (exact) mass is 1050 g/mol. The van der Waals surface area contributed by atoms with Gasteiger partial charge in [0.05, 0.1) is 28.7 Å². The minimum atomic E-state index is -1.09. The molecule has 0 unspecified atom stereocenters. The van der Waals surface area contributed by atoms with Gasteiger partial charge < -0.3 is 65.1 Å². The van der Waals surface area contributed by atoms with Crippen LogP contribution in [0.2, 0.25) is 0 Å². The number of hydrogen-bond acceptors (Lipinski definition) is 16. The Bertz CT molecular complexity index is 2860. The standard InChI is InChI=1S/C51H62N10O15/c1-56-19-11-35(40(65)48(56)73)44(69)52-15-23-60(24-16-53-45(70)36-12-20-57(2)49(74)41(36)66)29-33(27-31-5-7-32(8-6-31)28-34(62)9-10-39(63)64)30-61(25-17-54-46(71)37-13-21-58(3)50(75)42(37)67)26-18-55-47(72)38-14-22-59(4)51(76)43(38)68/h5-8,11-14,19-22,33,65-68H,9-10,15-18,23-30H2,1-4H3,(H,52,69)(H,53,70)(H,54,71)(H,55,72)(H,63,64). The molecule has 5 rings (SSSR count). The van der Waals surface area contributed by atoms with Gasteiger partial charge in [-0.3, -0.25) is 57.7 Å². The zero-order valence-corrected chi connectivity index (χ0v) is 42.4. The fraction of sp³-hybridized carbons (Fsp3) is 0.373. The highest BCUT2D eigenvalue weighted by Gasteiger charge is 2.24. The number of nitrogens with one attached hydrogen (secondary N) is 4. The fourth-order valence-electron chi connectivity index (χ4n) is 8.08. The van der Waals surface area contributed by atoms with E-state index in [0.717, 1.165) is 23.8 Å². The second-order valence-corrected chi connectivity index (χ2v) is 18.1. The number of nitrogens with zero attached hydrogens (tertiary/aromatic N) is 6. The second-order valence-electron chi connectivity index (χ2n) is 18.1. The van der Waals surface area contributed by atoms with Gasteiger partial charge >= 0.3 is 5.97 Å². The smallest absolute Gasteiger partial charge is 0.303 e. The van der Waals surface area contributed by atoms with Gasteiger partial charge in [0, 0.05) is 131 Å². The average Bonchev–Trinajstić information content (AvgIpc) is 3.37. The first-order valence-electron chi connectivity index (χ1n) is 24.0. The molecule has 5 aromatic rings. The van der Waals surface area contributed by atoms with Crippen LogP contribution in [0.5, 0.6) is 23.0 Å². The number of aryl methyl sites for hydroxylation is 4. The summed E-state index contributed by atoms with van der Waals surface area (Å²) in [6, 6.07) is 12.2. The largest absolute Gasteiger partial charge is 0.502 e. The van der Waals surface area contributed by atoms with Crippen molar-refractivity contribution in [1.29, 1.82) is 0 Å². The predicted octanol–water partition coefficient (Wildman–Crippen LogP) is -1.24. The van der Waals surface area contributed by atoms with Crippen molar-refractivity contribution in [1.82, 2.24) is 49.3 Å². The van der Waals surface area contributed by atoms with Crippen LogP contribution >= 0.6 is 0 Å². The number of carboxylic acids is 1. The summed E-state index contributed by atoms with van der Waals surface area (Å²) < 4.78 is 4.41. The van der Waals surface area contributed by atoms with Gasteiger partial charge in [0.15, 0.2) is 23.0 Å². The molecule has 4 aromatic heterocycles. The molecule has 0 aliphatic carbocycles. The van der Waals surface area contributed by atoms with Crippen molar-refractivity contribution < 1.29 is 54.3 Å². The first-order chi connectivity index (χ1) is 36.1. The third-order valence-electron chi connectivity index (χ3n) is 12.4. The maximum absolute atomic E-state index is 13.3. The third-order valence-corrected chi connectivity index (χ3v) is 12.4. The summed E-state index contributed by atoms with van der Waals surface area (Å²) in [5.41, 5.74) is -2.75. The van der Waals surface area contributed by atoms with Gasteiger partial charge in [-0.05, 0) is 47.7 Å². The number of carbonyl (C=O) groups is 6. The third kappa shape index (κ3) is 15.8. The number of aromatic hydroxyl groups is 4. The predicted molar refractivity (Wildman–Crippen MR) is 275 cm³/mol. The summed E-state index contributed by atoms with van der Waals surface area (Å²) in [5, 5.41) is 61.7. The minimum absolute atomic E-state index is 0.00272. The first kappa shape index (κ1) is 58.1. The van der Waals surface area contributed by atoms with E-state index in [0.29, 0.717) is 12.0 Å². The Morgan fingerprint density at radius 2 is 0.750 bits per heavy atom. The lowest BCUT2D eigenvalue weighted by molar-refractivity contribution is -0.138. The number of pyridine rings is 4. The van der Waals surface area contributed by atoms with Crippen LogP contribution < -0.4 is 43.5 Å². The first-order valence-corrected chi connectivity index (χ1v) is 24.0. The summed E-state index contributed by atoms with van der Waals surface area (Å²) in [5.74, 6) is -7.72. The van der Waals surface area contributed by atoms with Crippen molar-refractivity contribution >= 4 is 35.4 Å². The van der Waals surface area contributed by atoms with Crippen LogP contribution in [0.15, 0.2) is 92.5 Å². The zero-order valence-electron chi connectivity index (χ0n) is 42.4. The van der Waals surface area contributed by atoms with Gasteiger partial charge in [-0.1, -0.05) is 24.3 Å². The molecular weight excluding hydrogens is 993 g/mol. The molecule has 0 aliphatic rings. The number of aromatic nitrogens is 4. The van der Waals surface area contributed by atoms with E-state index in [4.69, 9.17) is 5.11 Å². The maximum Gasteiger partial charge on any atom is 0.303 e. The van der Waals surface area contributed by atoms with Gasteiger partial charge in [-0.15, -0.1) is 0 Å². The van der Waals surface area contributed by atoms with Crippen LogP contribution in [-0.2, 0) is 50.6 Å². The summed E-state index contributed by atoms with van der Waals surface area (Å²) in [6.45, 7) is 0.730. The maximum atomic E-state index is 13.3. The number of amides is 4. The normalized spacial score (nSPS) is 11.2. The SMILES string of the molecule is Cn1ccc(C(=O)NCCN(CCNC(=O)c2ccn(C)c(=O)c2O)CC(Cc2ccc(CC(=O)CCC(=O)O)cc2)CN(CCNC(=O)c2ccn(C)c(=O)c2O)CCNC(=O)c2ccn(C)c(=O)c2O)c(O)c1=O. The molecule has 9 N–H and O–H groups in total. The number of benzene rings is 1. The molecule has 0 bridgehead atoms. The van der Waals surface area contributed by atoms with E-state index in [-0.39, 0.29) is 119 Å². The number of carbonyl (C=O) groups excluding carboxylic acids is 5. The van der Waals surface area contributed by atoms with E-state index in [1.165, 1.54) is 77.2 Å². The summed E-state index contributed by atoms with van der Waals surface area (Å²) in [7, 11) is 5.63. The van der Waals surface area contributed by atoms with Crippen molar-refractivity contribution in [2.75, 3.05) is 65.4 Å². The Morgan fingerprint density at radius 3 is 1.04 bits per heavy atom. The Hall–Kier alpha value is -8.84. The second kappa shape index (κ2) is 26.9. The van der Waals surface area contributed by atoms with Crippen LogP contribution in [0, 0.1) is 5.92 Å². The van der Waals surface area contributed by atoms with Crippen molar-refractivity contribution in [2.45, 2.75) is 25.7 Å². The molecule has 0 aliphatic heterocycles. The zero-order chi connectivity index (χ0) is 55.8. The molecule has 0 saturated heterocycles. The molecule has 0 atom stereocenters. The van der Waals surface area contributed by atoms with E-state index in [1.807, 2.05) is 21.9 Å². The highest BCUT2D eigenvalue weighted by atomic mass is 16.4. The molecule has 25 heteroatoms. The van der Waals surface area contributed by atoms with E-state index < -0.39 is 74.8 Å². The topological polar surface area (TPSA) is 346 Å². The quantitative estimate of drug-likeness (QED) is 0.0297. The Morgan fingerprint density at radius 1 is 0.461 bits per heavy atom. The van der Waals surface area contributed by atoms with Gasteiger partial charge in [0.1, 0.15) is 5.78 Å². The van der Waals surface area contributed by atoms with Crippen molar-refractivity contribution in [3.05, 3.63) is 148 Å². The van der Waals surface area contributed by atoms with Gasteiger partial charge in [0.25, 0.3) is 45.9 Å². The molecule has 406 valence electrons. The van der Waals surface area contributed by atoms with Crippen LogP contribution in [0.1, 0.15) is 65.4 Å². The number of hydrogen-bond donors (Lipinski definition) is 9. The minimum Gasteiger partial charge on any atom is -0.502 e. The Balaban J connectivity index is 1.45. The van der Waals surface area contributed by atoms with E-state index in [1.54, 1.807) is 12.1 Å². The van der Waals surface area contributed by atoms with Crippen molar-refractivity contribution in [2.24, 2.45) is 34.1 Å². The van der Waals surface area contributed by atoms with E-state index in [2.05, 4.69) is 21.3 Å². The lowest BCUT2D eigenvalue weighted by Gasteiger charge is -2.32. The van der Waals surface area contributed by atoms with Crippen LogP contribution in [0.25, 0.3) is 0 Å². The number of aliphatic carboxylic acids is 1. The van der Waals surface area contributed by atoms with Crippen molar-refractivity contribution in [3.63, 3.8) is 0 Å². The average molecular weight is 1060 g/mol. The van der Waals surface area contributed by atoms with Crippen LogP contribution in [0.4, 0.5) is 0 Å². The number of ketones is 1. The van der Waals surface area contributed by atoms with E-state index >= 15 is 0 Å². The Labute approximate surface area is 434 Å². The van der Waals surface area contributed by atoms with Crippen LogP contribution in [-0.4, -0.2) is 154 Å². The molecule has 0 fully saturated rings. The van der Waals surface area contributed by atoms with Gasteiger partial charge in [-0.25, -0.2) is 0 Å². The molecule has 1 aromatic carbocycles. The molecule has 25 nitrogen and oxygen atoms in total. The summed E-state index contributed by atoms with van der Waals surface area (Å²) >= 11 is 0. The number of rotatable bonds is 27. The highest BCUT2D eigenvalue weighted by molar-refractivity contribution is 5.98. The molecule has 4 heterocycles. The van der Waals surface area contributed by atoms with E-state index in [9.17, 15) is 68.4 Å². The molecule has 4 amide bonds. The number of carboxylic acid groups (broad SMARTS) is 1. The van der Waals surface area contributed by atoms with Crippen LogP contribution in [0.3, 0.4) is 0 Å². The van der Waals surface area contributed by atoms with Gasteiger partial charge in [0.2, 0.25) is 0 Å². The summed E-state index contributed by atoms with van der Waals surface area (Å²) in [4.78, 5) is 130. The molecular formula is C51H62N10O15. The molecule has 76 heavy (non-hydrogen) atoms. The molecule has 0 saturated carbocycles. The van der Waals surface area contributed by atoms with Gasteiger partial charge in [-0.2, -0.15) is 0 Å².